The van der Waals surface area contributed by atoms with Crippen LogP contribution in [0.25, 0.3) is 10.9 Å². The van der Waals surface area contributed by atoms with Crippen LogP contribution in [0, 0.1) is 11.3 Å². The molecule has 6 heteroatoms. The average Bonchev–Trinajstić information content (AvgIpc) is 3.24. The minimum absolute atomic E-state index is 0.0508. The predicted octanol–water partition coefficient (Wildman–Crippen LogP) is 1.89. The first-order chi connectivity index (χ1) is 12.7. The molecule has 26 heavy (non-hydrogen) atoms. The van der Waals surface area contributed by atoms with Crippen LogP contribution in [-0.2, 0) is 11.8 Å². The first-order valence-corrected chi connectivity index (χ1v) is 9.45. The van der Waals surface area contributed by atoms with Crippen LogP contribution in [-0.4, -0.2) is 42.2 Å². The fraction of sp³-hybridized carbons (Fsp3) is 0.500. The molecular weight excluding hydrogens is 326 g/mol. The Morgan fingerprint density at radius 2 is 2.15 bits per heavy atom. The second-order valence-electron chi connectivity index (χ2n) is 7.33. The second kappa shape index (κ2) is 7.00. The van der Waals surface area contributed by atoms with Crippen molar-refractivity contribution in [1.29, 1.82) is 5.26 Å². The number of hydrogen-bond acceptors (Lipinski definition) is 4. The number of rotatable bonds is 3. The maximum Gasteiger partial charge on any atom is 0.237 e. The van der Waals surface area contributed by atoms with Gasteiger partial charge in [0.05, 0.1) is 11.6 Å². The molecule has 2 fully saturated rings. The zero-order chi connectivity index (χ0) is 18.1. The topological polar surface area (TPSA) is 73.1 Å². The summed E-state index contributed by atoms with van der Waals surface area (Å²) in [5.41, 5.74) is 1.79. The standard InChI is InChI=1S/C20H25N5O/c1-24-18-8-3-2-6-15(18)16(12-21)20(24)25-11-9-14(13-25)23-19(26)17-7-4-5-10-22-17/h2-3,6,8,14,17,22H,4-5,7,9-11,13H2,1H3,(H,23,26)/t14?,17-/m0/s1. The normalized spacial score (nSPS) is 23.2. The quantitative estimate of drug-likeness (QED) is 0.886. The summed E-state index contributed by atoms with van der Waals surface area (Å²) < 4.78 is 2.10. The summed E-state index contributed by atoms with van der Waals surface area (Å²) >= 11 is 0. The van der Waals surface area contributed by atoms with Gasteiger partial charge in [-0.25, -0.2) is 0 Å². The molecule has 2 aliphatic heterocycles. The molecule has 0 aliphatic carbocycles. The highest BCUT2D eigenvalue weighted by Crippen LogP contribution is 2.33. The monoisotopic (exact) mass is 351 g/mol. The van der Waals surface area contributed by atoms with Gasteiger partial charge in [0.1, 0.15) is 17.5 Å². The van der Waals surface area contributed by atoms with E-state index < -0.39 is 0 Å². The number of anilines is 1. The van der Waals surface area contributed by atoms with Crippen molar-refractivity contribution >= 4 is 22.6 Å². The van der Waals surface area contributed by atoms with E-state index in [1.54, 1.807) is 0 Å². The van der Waals surface area contributed by atoms with Crippen LogP contribution in [0.1, 0.15) is 31.2 Å². The van der Waals surface area contributed by atoms with Crippen molar-refractivity contribution in [2.24, 2.45) is 7.05 Å². The molecule has 1 aromatic carbocycles. The van der Waals surface area contributed by atoms with E-state index in [0.29, 0.717) is 0 Å². The minimum Gasteiger partial charge on any atom is -0.355 e. The number of nitrogens with one attached hydrogen (secondary N) is 2. The van der Waals surface area contributed by atoms with Gasteiger partial charge in [-0.15, -0.1) is 0 Å². The molecule has 0 bridgehead atoms. The van der Waals surface area contributed by atoms with Crippen molar-refractivity contribution in [3.8, 4) is 6.07 Å². The van der Waals surface area contributed by atoms with Gasteiger partial charge in [0.15, 0.2) is 0 Å². The molecule has 2 saturated heterocycles. The summed E-state index contributed by atoms with van der Waals surface area (Å²) in [5, 5.41) is 17.2. The Morgan fingerprint density at radius 3 is 2.92 bits per heavy atom. The highest BCUT2D eigenvalue weighted by molar-refractivity contribution is 5.93. The Hall–Kier alpha value is -2.52. The first-order valence-electron chi connectivity index (χ1n) is 9.45. The number of para-hydroxylation sites is 1. The van der Waals surface area contributed by atoms with Gasteiger partial charge >= 0.3 is 0 Å². The Bertz CT molecular complexity index is 859. The molecule has 2 aliphatic rings. The van der Waals surface area contributed by atoms with E-state index in [1.807, 2.05) is 31.3 Å². The fourth-order valence-electron chi connectivity index (χ4n) is 4.31. The molecule has 3 heterocycles. The summed E-state index contributed by atoms with van der Waals surface area (Å²) in [4.78, 5) is 14.7. The number of aromatic nitrogens is 1. The largest absolute Gasteiger partial charge is 0.355 e. The fourth-order valence-corrected chi connectivity index (χ4v) is 4.31. The molecule has 2 aromatic rings. The molecule has 0 radical (unpaired) electrons. The minimum atomic E-state index is -0.0508. The molecule has 0 saturated carbocycles. The number of benzene rings is 1. The number of hydrogen-bond donors (Lipinski definition) is 2. The molecule has 0 spiro atoms. The summed E-state index contributed by atoms with van der Waals surface area (Å²) in [5.74, 6) is 1.08. The number of carbonyl (C=O) groups excluding carboxylic acids is 1. The van der Waals surface area contributed by atoms with Crippen molar-refractivity contribution in [2.45, 2.75) is 37.8 Å². The van der Waals surface area contributed by atoms with Crippen molar-refractivity contribution in [1.82, 2.24) is 15.2 Å². The van der Waals surface area contributed by atoms with Gasteiger partial charge in [-0.2, -0.15) is 5.26 Å². The summed E-state index contributed by atoms with van der Waals surface area (Å²) in [6.07, 6.45) is 4.09. The van der Waals surface area contributed by atoms with Crippen molar-refractivity contribution in [3.63, 3.8) is 0 Å². The SMILES string of the molecule is Cn1c(N2CCC(NC(=O)[C@@H]3CCCCN3)C2)c(C#N)c2ccccc21. The first kappa shape index (κ1) is 16.9. The maximum absolute atomic E-state index is 12.5. The molecule has 1 unspecified atom stereocenters. The van der Waals surface area contributed by atoms with Crippen molar-refractivity contribution < 1.29 is 4.79 Å². The lowest BCUT2D eigenvalue weighted by molar-refractivity contribution is -0.124. The zero-order valence-corrected chi connectivity index (χ0v) is 15.2. The molecule has 1 aromatic heterocycles. The van der Waals surface area contributed by atoms with E-state index in [9.17, 15) is 10.1 Å². The Labute approximate surface area is 153 Å². The number of fused-ring (bicyclic) bond motifs is 1. The smallest absolute Gasteiger partial charge is 0.237 e. The molecule has 6 nitrogen and oxygen atoms in total. The van der Waals surface area contributed by atoms with Crippen LogP contribution < -0.4 is 15.5 Å². The highest BCUT2D eigenvalue weighted by Gasteiger charge is 2.30. The van der Waals surface area contributed by atoms with Gasteiger partial charge in [-0.1, -0.05) is 24.6 Å². The number of amides is 1. The third-order valence-electron chi connectivity index (χ3n) is 5.65. The lowest BCUT2D eigenvalue weighted by Gasteiger charge is -2.25. The van der Waals surface area contributed by atoms with Crippen molar-refractivity contribution in [2.75, 3.05) is 24.5 Å². The molecular formula is C20H25N5O. The highest BCUT2D eigenvalue weighted by atomic mass is 16.2. The average molecular weight is 351 g/mol. The Balaban J connectivity index is 1.51. The molecule has 4 rings (SSSR count). The van der Waals surface area contributed by atoms with E-state index in [4.69, 9.17) is 0 Å². The lowest BCUT2D eigenvalue weighted by Crippen LogP contribution is -2.50. The van der Waals surface area contributed by atoms with Crippen LogP contribution in [0.2, 0.25) is 0 Å². The van der Waals surface area contributed by atoms with E-state index in [1.165, 1.54) is 0 Å². The Morgan fingerprint density at radius 1 is 1.31 bits per heavy atom. The number of carbonyl (C=O) groups is 1. The van der Waals surface area contributed by atoms with E-state index in [2.05, 4.69) is 26.2 Å². The number of nitrogens with zero attached hydrogens (tertiary/aromatic N) is 3. The van der Waals surface area contributed by atoms with Gasteiger partial charge in [0.2, 0.25) is 5.91 Å². The molecule has 136 valence electrons. The van der Waals surface area contributed by atoms with Gasteiger partial charge in [0, 0.05) is 31.6 Å². The summed E-state index contributed by atoms with van der Waals surface area (Å²) in [6.45, 7) is 2.52. The van der Waals surface area contributed by atoms with Crippen molar-refractivity contribution in [3.05, 3.63) is 29.8 Å². The van der Waals surface area contributed by atoms with E-state index in [0.717, 1.165) is 67.6 Å². The van der Waals surface area contributed by atoms with Crippen LogP contribution in [0.15, 0.2) is 24.3 Å². The van der Waals surface area contributed by atoms with E-state index >= 15 is 0 Å². The van der Waals surface area contributed by atoms with Gasteiger partial charge in [0.25, 0.3) is 0 Å². The number of aryl methyl sites for hydroxylation is 1. The van der Waals surface area contributed by atoms with Crippen LogP contribution >= 0.6 is 0 Å². The number of nitriles is 1. The summed E-state index contributed by atoms with van der Waals surface area (Å²) in [6, 6.07) is 10.5. The molecule has 1 amide bonds. The van der Waals surface area contributed by atoms with E-state index in [-0.39, 0.29) is 18.0 Å². The second-order valence-corrected chi connectivity index (χ2v) is 7.33. The predicted molar refractivity (Wildman–Crippen MR) is 102 cm³/mol. The van der Waals surface area contributed by atoms with Crippen LogP contribution in [0.4, 0.5) is 5.82 Å². The molecule has 2 atom stereocenters. The van der Waals surface area contributed by atoms with Gasteiger partial charge < -0.3 is 20.1 Å². The molecule has 2 N–H and O–H groups in total. The van der Waals surface area contributed by atoms with Gasteiger partial charge in [-0.3, -0.25) is 4.79 Å². The zero-order valence-electron chi connectivity index (χ0n) is 15.2. The Kier molecular flexibility index (Phi) is 4.56. The third-order valence-corrected chi connectivity index (χ3v) is 5.65. The van der Waals surface area contributed by atoms with Crippen LogP contribution in [0.3, 0.4) is 0 Å². The maximum atomic E-state index is 12.5. The van der Waals surface area contributed by atoms with Gasteiger partial charge in [-0.05, 0) is 31.9 Å². The van der Waals surface area contributed by atoms with Crippen LogP contribution in [0.5, 0.6) is 0 Å². The summed E-state index contributed by atoms with van der Waals surface area (Å²) in [7, 11) is 2.01. The number of piperidine rings is 1. The lowest BCUT2D eigenvalue weighted by atomic mass is 10.0. The third kappa shape index (κ3) is 2.93.